The van der Waals surface area contributed by atoms with Gasteiger partial charge in [-0.25, -0.2) is 4.79 Å². The Labute approximate surface area is 94.6 Å². The second-order valence-corrected chi connectivity index (χ2v) is 4.33. The van der Waals surface area contributed by atoms with Crippen molar-refractivity contribution in [2.24, 2.45) is 11.8 Å². The minimum atomic E-state index is -0.277. The predicted molar refractivity (Wildman–Crippen MR) is 56.5 cm³/mol. The average Bonchev–Trinajstić information content (AvgIpc) is 2.96. The van der Waals surface area contributed by atoms with Crippen molar-refractivity contribution in [2.45, 2.75) is 32.8 Å². The molecule has 3 atom stereocenters. The van der Waals surface area contributed by atoms with Gasteiger partial charge < -0.3 is 9.47 Å². The predicted octanol–water partition coefficient (Wildman–Crippen LogP) is 1.45. The van der Waals surface area contributed by atoms with Crippen molar-refractivity contribution in [1.29, 1.82) is 0 Å². The van der Waals surface area contributed by atoms with E-state index in [1.165, 1.54) is 6.92 Å². The summed E-state index contributed by atoms with van der Waals surface area (Å²) in [6.07, 6.45) is 3.36. The monoisotopic (exact) mass is 224 g/mol. The standard InChI is InChI=1S/C12H16O4/c1-3-15-12(14)9-4-8-5-10(8)11(6-9)16-7(2)13/h4,8,10-11H,3,5-6H2,1-2H3/t8-,10+,11+/m1/s1. The molecule has 1 saturated carbocycles. The molecule has 1 fully saturated rings. The zero-order chi connectivity index (χ0) is 11.7. The average molecular weight is 224 g/mol. The van der Waals surface area contributed by atoms with Crippen LogP contribution >= 0.6 is 0 Å². The molecule has 0 amide bonds. The summed E-state index contributed by atoms with van der Waals surface area (Å²) in [5.74, 6) is 0.269. The third-order valence-corrected chi connectivity index (χ3v) is 3.06. The highest BCUT2D eigenvalue weighted by Crippen LogP contribution is 2.49. The summed E-state index contributed by atoms with van der Waals surface area (Å²) in [5, 5.41) is 0. The van der Waals surface area contributed by atoms with E-state index in [2.05, 4.69) is 0 Å². The van der Waals surface area contributed by atoms with Crippen LogP contribution < -0.4 is 0 Å². The quantitative estimate of drug-likeness (QED) is 0.681. The molecule has 0 aromatic heterocycles. The Morgan fingerprint density at radius 2 is 2.25 bits per heavy atom. The molecular weight excluding hydrogens is 208 g/mol. The van der Waals surface area contributed by atoms with Crippen LogP contribution in [0, 0.1) is 11.8 Å². The summed E-state index contributed by atoms with van der Waals surface area (Å²) in [6.45, 7) is 3.56. The molecule has 0 unspecified atom stereocenters. The van der Waals surface area contributed by atoms with Gasteiger partial charge in [-0.15, -0.1) is 0 Å². The molecule has 0 heterocycles. The smallest absolute Gasteiger partial charge is 0.333 e. The molecule has 4 heteroatoms. The number of rotatable bonds is 3. The van der Waals surface area contributed by atoms with E-state index in [1.54, 1.807) is 6.92 Å². The Morgan fingerprint density at radius 1 is 1.50 bits per heavy atom. The van der Waals surface area contributed by atoms with Crippen LogP contribution in [0.2, 0.25) is 0 Å². The second-order valence-electron chi connectivity index (χ2n) is 4.33. The number of esters is 2. The van der Waals surface area contributed by atoms with Crippen molar-refractivity contribution in [3.05, 3.63) is 11.6 Å². The maximum Gasteiger partial charge on any atom is 0.333 e. The van der Waals surface area contributed by atoms with E-state index in [-0.39, 0.29) is 18.0 Å². The molecule has 16 heavy (non-hydrogen) atoms. The first kappa shape index (κ1) is 11.2. The Hall–Kier alpha value is -1.32. The lowest BCUT2D eigenvalue weighted by Crippen LogP contribution is -2.25. The van der Waals surface area contributed by atoms with Crippen molar-refractivity contribution >= 4 is 11.9 Å². The fourth-order valence-electron chi connectivity index (χ4n) is 2.27. The lowest BCUT2D eigenvalue weighted by molar-refractivity contribution is -0.149. The van der Waals surface area contributed by atoms with Gasteiger partial charge in [0.2, 0.25) is 0 Å². The summed E-state index contributed by atoms with van der Waals surface area (Å²) in [6, 6.07) is 0. The van der Waals surface area contributed by atoms with Gasteiger partial charge in [-0.2, -0.15) is 0 Å². The third kappa shape index (κ3) is 2.26. The highest BCUT2D eigenvalue weighted by Gasteiger charge is 2.47. The Balaban J connectivity index is 2.01. The number of ether oxygens (including phenoxy) is 2. The number of carbonyl (C=O) groups excluding carboxylic acids is 2. The zero-order valence-electron chi connectivity index (χ0n) is 9.56. The molecule has 2 aliphatic rings. The third-order valence-electron chi connectivity index (χ3n) is 3.06. The first-order chi connectivity index (χ1) is 7.61. The van der Waals surface area contributed by atoms with Gasteiger partial charge in [-0.1, -0.05) is 6.08 Å². The second kappa shape index (κ2) is 4.28. The van der Waals surface area contributed by atoms with Gasteiger partial charge in [0.1, 0.15) is 6.10 Å². The molecule has 0 aliphatic heterocycles. The van der Waals surface area contributed by atoms with Crippen molar-refractivity contribution in [3.63, 3.8) is 0 Å². The van der Waals surface area contributed by atoms with Gasteiger partial charge in [0.15, 0.2) is 0 Å². The number of hydrogen-bond acceptors (Lipinski definition) is 4. The van der Waals surface area contributed by atoms with Gasteiger partial charge in [0, 0.05) is 24.8 Å². The highest BCUT2D eigenvalue weighted by atomic mass is 16.5. The molecule has 0 aromatic carbocycles. The molecule has 0 aromatic rings. The van der Waals surface area contributed by atoms with Gasteiger partial charge in [-0.05, 0) is 19.3 Å². The molecule has 4 nitrogen and oxygen atoms in total. The number of carbonyl (C=O) groups is 2. The minimum absolute atomic E-state index is 0.132. The van der Waals surface area contributed by atoms with Crippen molar-refractivity contribution < 1.29 is 19.1 Å². The number of fused-ring (bicyclic) bond motifs is 1. The molecule has 88 valence electrons. The summed E-state index contributed by atoms with van der Waals surface area (Å²) >= 11 is 0. The molecule has 0 bridgehead atoms. The van der Waals surface area contributed by atoms with E-state index in [0.29, 0.717) is 30.4 Å². The molecule has 0 saturated heterocycles. The first-order valence-electron chi connectivity index (χ1n) is 5.66. The number of hydrogen-bond donors (Lipinski definition) is 0. The topological polar surface area (TPSA) is 52.6 Å². The van der Waals surface area contributed by atoms with Gasteiger partial charge in [-0.3, -0.25) is 4.79 Å². The lowest BCUT2D eigenvalue weighted by atomic mass is 9.97. The van der Waals surface area contributed by atoms with Crippen LogP contribution in [0.1, 0.15) is 26.7 Å². The molecule has 2 aliphatic carbocycles. The van der Waals surface area contributed by atoms with E-state index in [9.17, 15) is 9.59 Å². The van der Waals surface area contributed by atoms with Crippen LogP contribution in [0.5, 0.6) is 0 Å². The number of allylic oxidation sites excluding steroid dienone is 1. The van der Waals surface area contributed by atoms with E-state index >= 15 is 0 Å². The van der Waals surface area contributed by atoms with E-state index in [0.717, 1.165) is 6.42 Å². The highest BCUT2D eigenvalue weighted by molar-refractivity contribution is 5.89. The fraction of sp³-hybridized carbons (Fsp3) is 0.667. The molecule has 0 radical (unpaired) electrons. The summed E-state index contributed by atoms with van der Waals surface area (Å²) < 4.78 is 10.2. The van der Waals surface area contributed by atoms with Crippen LogP contribution in [0.15, 0.2) is 11.6 Å². The maximum atomic E-state index is 11.6. The SMILES string of the molecule is CCOC(=O)C1=C[C@@H]2C[C@@H]2[C@@H](OC(C)=O)C1. The minimum Gasteiger partial charge on any atom is -0.463 e. The van der Waals surface area contributed by atoms with Crippen LogP contribution in [0.3, 0.4) is 0 Å². The molecule has 2 rings (SSSR count). The Kier molecular flexibility index (Phi) is 2.99. The summed E-state index contributed by atoms with van der Waals surface area (Å²) in [7, 11) is 0. The summed E-state index contributed by atoms with van der Waals surface area (Å²) in [5.41, 5.74) is 0.659. The van der Waals surface area contributed by atoms with Crippen molar-refractivity contribution in [3.8, 4) is 0 Å². The largest absolute Gasteiger partial charge is 0.463 e. The van der Waals surface area contributed by atoms with E-state index in [4.69, 9.17) is 9.47 Å². The molecule has 0 spiro atoms. The molecule has 0 N–H and O–H groups in total. The fourth-order valence-corrected chi connectivity index (χ4v) is 2.27. The first-order valence-corrected chi connectivity index (χ1v) is 5.66. The van der Waals surface area contributed by atoms with Crippen LogP contribution in [-0.2, 0) is 19.1 Å². The van der Waals surface area contributed by atoms with Crippen LogP contribution in [-0.4, -0.2) is 24.6 Å². The van der Waals surface area contributed by atoms with Crippen molar-refractivity contribution in [2.75, 3.05) is 6.61 Å². The van der Waals surface area contributed by atoms with Gasteiger partial charge in [0.25, 0.3) is 0 Å². The van der Waals surface area contributed by atoms with E-state index < -0.39 is 0 Å². The Bertz CT molecular complexity index is 345. The van der Waals surface area contributed by atoms with Crippen LogP contribution in [0.4, 0.5) is 0 Å². The van der Waals surface area contributed by atoms with Gasteiger partial charge >= 0.3 is 11.9 Å². The maximum absolute atomic E-state index is 11.6. The lowest BCUT2D eigenvalue weighted by Gasteiger charge is -2.21. The summed E-state index contributed by atoms with van der Waals surface area (Å²) in [4.78, 5) is 22.5. The van der Waals surface area contributed by atoms with E-state index in [1.807, 2.05) is 6.08 Å². The van der Waals surface area contributed by atoms with Gasteiger partial charge in [0.05, 0.1) is 6.61 Å². The normalized spacial score (nSPS) is 31.1. The van der Waals surface area contributed by atoms with Crippen molar-refractivity contribution in [1.82, 2.24) is 0 Å². The Morgan fingerprint density at radius 3 is 2.88 bits per heavy atom. The molecular formula is C12H16O4. The van der Waals surface area contributed by atoms with Crippen LogP contribution in [0.25, 0.3) is 0 Å². The zero-order valence-corrected chi connectivity index (χ0v) is 9.56.